The van der Waals surface area contributed by atoms with Gasteiger partial charge in [-0.05, 0) is 97.9 Å². The highest BCUT2D eigenvalue weighted by atomic mass is 16.3. The highest BCUT2D eigenvalue weighted by Gasteiger charge is 2.19. The van der Waals surface area contributed by atoms with E-state index in [1.54, 1.807) is 0 Å². The maximum absolute atomic E-state index is 6.57. The van der Waals surface area contributed by atoms with Gasteiger partial charge in [0.1, 0.15) is 11.3 Å². The van der Waals surface area contributed by atoms with E-state index in [4.69, 9.17) is 4.42 Å². The topological polar surface area (TPSA) is 16.4 Å². The molecule has 9 aromatic carbocycles. The van der Waals surface area contributed by atoms with Gasteiger partial charge >= 0.3 is 0 Å². The van der Waals surface area contributed by atoms with E-state index in [1.165, 1.54) is 32.7 Å². The summed E-state index contributed by atoms with van der Waals surface area (Å²) in [5, 5.41) is 6.04. The van der Waals surface area contributed by atoms with E-state index in [1.807, 2.05) is 12.1 Å². The van der Waals surface area contributed by atoms with Crippen molar-refractivity contribution in [1.82, 2.24) is 0 Å². The zero-order valence-corrected chi connectivity index (χ0v) is 29.6. The Kier molecular flexibility index (Phi) is 7.85. The second kappa shape index (κ2) is 13.4. The molecular formula is C52H35NO. The molecule has 0 saturated heterocycles. The van der Waals surface area contributed by atoms with Crippen LogP contribution in [0.3, 0.4) is 0 Å². The SMILES string of the molecule is c1ccc(-c2c(-c3cccc(-c4ccc(N(c5cccc(-c6cccc7ccccc67)c5)c5ccc6ccccc6c5)cc4)c3)oc3ccccc23)cc1. The molecule has 0 unspecified atom stereocenters. The fourth-order valence-electron chi connectivity index (χ4n) is 7.84. The highest BCUT2D eigenvalue weighted by molar-refractivity contribution is 6.02. The Balaban J connectivity index is 1.06. The van der Waals surface area contributed by atoms with Crippen LogP contribution < -0.4 is 4.90 Å². The number of nitrogens with zero attached hydrogens (tertiary/aromatic N) is 1. The number of rotatable bonds is 7. The third-order valence-electron chi connectivity index (χ3n) is 10.4. The minimum Gasteiger partial charge on any atom is -0.455 e. The van der Waals surface area contributed by atoms with Crippen LogP contribution in [0, 0.1) is 0 Å². The first kappa shape index (κ1) is 31.6. The summed E-state index contributed by atoms with van der Waals surface area (Å²) in [5.74, 6) is 0.884. The molecule has 54 heavy (non-hydrogen) atoms. The van der Waals surface area contributed by atoms with Gasteiger partial charge in [-0.25, -0.2) is 0 Å². The van der Waals surface area contributed by atoms with Crippen LogP contribution in [0.25, 0.3) is 77.2 Å². The largest absolute Gasteiger partial charge is 0.455 e. The molecule has 0 amide bonds. The van der Waals surface area contributed by atoms with Crippen molar-refractivity contribution in [1.29, 1.82) is 0 Å². The second-order valence-electron chi connectivity index (χ2n) is 13.7. The maximum atomic E-state index is 6.57. The van der Waals surface area contributed by atoms with E-state index in [9.17, 15) is 0 Å². The monoisotopic (exact) mass is 689 g/mol. The van der Waals surface area contributed by atoms with Crippen LogP contribution in [0.5, 0.6) is 0 Å². The van der Waals surface area contributed by atoms with E-state index in [2.05, 4.69) is 205 Å². The quantitative estimate of drug-likeness (QED) is 0.166. The summed E-state index contributed by atoms with van der Waals surface area (Å²) < 4.78 is 6.57. The Morgan fingerprint density at radius 2 is 0.926 bits per heavy atom. The lowest BCUT2D eigenvalue weighted by atomic mass is 9.96. The lowest BCUT2D eigenvalue weighted by molar-refractivity contribution is 0.632. The fourth-order valence-corrected chi connectivity index (χ4v) is 7.84. The average molecular weight is 690 g/mol. The van der Waals surface area contributed by atoms with Crippen LogP contribution in [-0.2, 0) is 0 Å². The summed E-state index contributed by atoms with van der Waals surface area (Å²) in [6.45, 7) is 0. The molecule has 0 atom stereocenters. The summed E-state index contributed by atoms with van der Waals surface area (Å²) >= 11 is 0. The summed E-state index contributed by atoms with van der Waals surface area (Å²) in [6, 6.07) is 75.8. The van der Waals surface area contributed by atoms with Gasteiger partial charge in [0.15, 0.2) is 0 Å². The molecule has 0 fully saturated rings. The zero-order chi connectivity index (χ0) is 35.8. The smallest absolute Gasteiger partial charge is 0.143 e. The molecule has 0 aliphatic carbocycles. The molecule has 1 aromatic heterocycles. The Bertz CT molecular complexity index is 2930. The first-order valence-electron chi connectivity index (χ1n) is 18.4. The van der Waals surface area contributed by atoms with Crippen LogP contribution in [0.15, 0.2) is 217 Å². The van der Waals surface area contributed by atoms with Crippen molar-refractivity contribution in [3.8, 4) is 44.7 Å². The molecule has 0 bridgehead atoms. The van der Waals surface area contributed by atoms with Gasteiger partial charge in [-0.15, -0.1) is 0 Å². The van der Waals surface area contributed by atoms with Crippen molar-refractivity contribution in [2.75, 3.05) is 4.90 Å². The van der Waals surface area contributed by atoms with Crippen molar-refractivity contribution in [3.05, 3.63) is 212 Å². The summed E-state index contributed by atoms with van der Waals surface area (Å²) in [6.07, 6.45) is 0. The Hall–Kier alpha value is -7.16. The van der Waals surface area contributed by atoms with Gasteiger partial charge in [0.05, 0.1) is 0 Å². The van der Waals surface area contributed by atoms with Crippen molar-refractivity contribution >= 4 is 49.6 Å². The van der Waals surface area contributed by atoms with Crippen LogP contribution >= 0.6 is 0 Å². The molecule has 0 aliphatic heterocycles. The van der Waals surface area contributed by atoms with Crippen LogP contribution in [0.1, 0.15) is 0 Å². The molecule has 0 spiro atoms. The van der Waals surface area contributed by atoms with E-state index in [0.29, 0.717) is 0 Å². The van der Waals surface area contributed by atoms with Crippen molar-refractivity contribution in [2.45, 2.75) is 0 Å². The molecule has 2 nitrogen and oxygen atoms in total. The number of fused-ring (bicyclic) bond motifs is 3. The normalized spacial score (nSPS) is 11.3. The third-order valence-corrected chi connectivity index (χ3v) is 10.4. The fraction of sp³-hybridized carbons (Fsp3) is 0. The summed E-state index contributed by atoms with van der Waals surface area (Å²) in [7, 11) is 0. The number of benzene rings is 9. The van der Waals surface area contributed by atoms with Gasteiger partial charge < -0.3 is 9.32 Å². The van der Waals surface area contributed by atoms with Gasteiger partial charge in [0.2, 0.25) is 0 Å². The van der Waals surface area contributed by atoms with Gasteiger partial charge in [-0.2, -0.15) is 0 Å². The molecule has 0 saturated carbocycles. The van der Waals surface area contributed by atoms with Crippen molar-refractivity contribution < 1.29 is 4.42 Å². The average Bonchev–Trinajstić information content (AvgIpc) is 3.64. The number of hydrogen-bond donors (Lipinski definition) is 0. The van der Waals surface area contributed by atoms with Crippen LogP contribution in [0.2, 0.25) is 0 Å². The van der Waals surface area contributed by atoms with Crippen LogP contribution in [-0.4, -0.2) is 0 Å². The standard InChI is InChI=1S/C52H35NO/c1-2-15-39(16-3-1)51-49-24-8-9-26-50(49)54-52(51)43-21-10-19-40(33-43)37-27-30-44(31-28-37)53(46-32-29-36-13-4-5-17-41(36)34-46)45-22-11-20-42(35-45)48-25-12-18-38-14-6-7-23-47(38)48/h1-35H. The minimum atomic E-state index is 0.884. The first-order valence-corrected chi connectivity index (χ1v) is 18.4. The van der Waals surface area contributed by atoms with Crippen LogP contribution in [0.4, 0.5) is 17.1 Å². The predicted molar refractivity (Wildman–Crippen MR) is 228 cm³/mol. The lowest BCUT2D eigenvalue weighted by Crippen LogP contribution is -2.10. The Morgan fingerprint density at radius 1 is 0.315 bits per heavy atom. The van der Waals surface area contributed by atoms with Gasteiger partial charge in [-0.3, -0.25) is 0 Å². The Labute approximate surface area is 314 Å². The highest BCUT2D eigenvalue weighted by Crippen LogP contribution is 2.43. The number of para-hydroxylation sites is 1. The van der Waals surface area contributed by atoms with E-state index >= 15 is 0 Å². The number of hydrogen-bond acceptors (Lipinski definition) is 2. The summed E-state index contributed by atoms with van der Waals surface area (Å²) in [4.78, 5) is 2.36. The number of furan rings is 1. The second-order valence-corrected chi connectivity index (χ2v) is 13.7. The maximum Gasteiger partial charge on any atom is 0.143 e. The molecule has 10 rings (SSSR count). The lowest BCUT2D eigenvalue weighted by Gasteiger charge is -2.26. The molecule has 10 aromatic rings. The predicted octanol–water partition coefficient (Wildman–Crippen LogP) is 14.9. The molecule has 0 aliphatic rings. The van der Waals surface area contributed by atoms with Gasteiger partial charge in [0, 0.05) is 33.6 Å². The van der Waals surface area contributed by atoms with Crippen molar-refractivity contribution in [3.63, 3.8) is 0 Å². The van der Waals surface area contributed by atoms with Gasteiger partial charge in [0.25, 0.3) is 0 Å². The Morgan fingerprint density at radius 3 is 1.80 bits per heavy atom. The van der Waals surface area contributed by atoms with E-state index < -0.39 is 0 Å². The zero-order valence-electron chi connectivity index (χ0n) is 29.6. The molecule has 254 valence electrons. The van der Waals surface area contributed by atoms with E-state index in [0.717, 1.165) is 61.6 Å². The molecule has 2 heteroatoms. The molecule has 0 radical (unpaired) electrons. The summed E-state index contributed by atoms with van der Waals surface area (Å²) in [5.41, 5.74) is 12.2. The minimum absolute atomic E-state index is 0.884. The molecule has 1 heterocycles. The van der Waals surface area contributed by atoms with E-state index in [-0.39, 0.29) is 0 Å². The first-order chi connectivity index (χ1) is 26.8. The third kappa shape index (κ3) is 5.71. The number of anilines is 3. The molecular weight excluding hydrogens is 655 g/mol. The van der Waals surface area contributed by atoms with Crippen molar-refractivity contribution in [2.24, 2.45) is 0 Å². The van der Waals surface area contributed by atoms with Gasteiger partial charge in [-0.1, -0.05) is 164 Å². The molecule has 0 N–H and O–H groups in total.